The minimum Gasteiger partial charge on any atom is -0.463 e. The summed E-state index contributed by atoms with van der Waals surface area (Å²) >= 11 is 0. The van der Waals surface area contributed by atoms with Gasteiger partial charge in [-0.1, -0.05) is 0 Å². The van der Waals surface area contributed by atoms with Crippen LogP contribution in [0.15, 0.2) is 58.0 Å². The number of nitrogens with zero attached hydrogens (tertiary/aromatic N) is 3. The third-order valence-electron chi connectivity index (χ3n) is 4.87. The average molecular weight is 493 g/mol. The van der Waals surface area contributed by atoms with E-state index in [1.807, 2.05) is 0 Å². The van der Waals surface area contributed by atoms with Crippen LogP contribution in [0.2, 0.25) is 0 Å². The van der Waals surface area contributed by atoms with E-state index in [1.165, 1.54) is 23.1 Å². The summed E-state index contributed by atoms with van der Waals surface area (Å²) in [5.41, 5.74) is 1.98. The second-order valence-corrected chi connectivity index (χ2v) is 9.13. The number of alkyl halides is 3. The Bertz CT molecular complexity index is 1460. The van der Waals surface area contributed by atoms with E-state index >= 15 is 0 Å². The van der Waals surface area contributed by atoms with E-state index in [2.05, 4.69) is 15.4 Å². The molecule has 4 aromatic rings. The largest absolute Gasteiger partial charge is 0.463 e. The molecule has 0 aliphatic carbocycles. The number of anilines is 1. The molecule has 0 aliphatic heterocycles. The Balaban J connectivity index is 1.62. The number of carbonyl (C=O) groups is 1. The molecule has 1 aromatic carbocycles. The molecule has 3 heterocycles. The predicted molar refractivity (Wildman–Crippen MR) is 117 cm³/mol. The second-order valence-electron chi connectivity index (χ2n) is 7.36. The monoisotopic (exact) mass is 493 g/mol. The molecule has 13 heteroatoms. The molecule has 0 saturated heterocycles. The van der Waals surface area contributed by atoms with Crippen molar-refractivity contribution in [3.05, 3.63) is 60.0 Å². The van der Waals surface area contributed by atoms with E-state index < -0.39 is 28.7 Å². The van der Waals surface area contributed by atoms with Crippen LogP contribution in [0.5, 0.6) is 0 Å². The number of hydrogen-bond donors (Lipinski definition) is 2. The Kier molecular flexibility index (Phi) is 5.91. The molecule has 0 spiro atoms. The number of nitrogens with one attached hydrogen (secondary N) is 2. The fourth-order valence-electron chi connectivity index (χ4n) is 3.35. The quantitative estimate of drug-likeness (QED) is 0.423. The topological polar surface area (TPSA) is 119 Å². The molecule has 1 amide bonds. The molecule has 0 radical (unpaired) electrons. The summed E-state index contributed by atoms with van der Waals surface area (Å²) in [6, 6.07) is 9.70. The number of benzene rings is 1. The van der Waals surface area contributed by atoms with Crippen molar-refractivity contribution in [2.24, 2.45) is 7.05 Å². The highest BCUT2D eigenvalue weighted by Gasteiger charge is 2.30. The number of halogens is 3. The van der Waals surface area contributed by atoms with Gasteiger partial charge in [-0.25, -0.2) is 18.1 Å². The summed E-state index contributed by atoms with van der Waals surface area (Å²) in [5, 5.41) is 7.52. The van der Waals surface area contributed by atoms with Crippen molar-refractivity contribution < 1.29 is 30.8 Å². The predicted octanol–water partition coefficient (Wildman–Crippen LogP) is 3.63. The van der Waals surface area contributed by atoms with Gasteiger partial charge < -0.3 is 9.73 Å². The van der Waals surface area contributed by atoms with Gasteiger partial charge in [-0.15, -0.1) is 0 Å². The Labute approximate surface area is 191 Å². The zero-order valence-electron chi connectivity index (χ0n) is 17.8. The third-order valence-corrected chi connectivity index (χ3v) is 6.29. The number of sulfonamides is 1. The Hall–Kier alpha value is -3.71. The maximum absolute atomic E-state index is 13.1. The molecule has 9 nitrogen and oxygen atoms in total. The number of rotatable bonds is 6. The molecule has 0 atom stereocenters. The number of furan rings is 1. The highest BCUT2D eigenvalue weighted by Crippen LogP contribution is 2.28. The fraction of sp³-hybridized carbons (Fsp3) is 0.190. The molecule has 0 unspecified atom stereocenters. The van der Waals surface area contributed by atoms with Crippen molar-refractivity contribution in [1.29, 1.82) is 0 Å². The van der Waals surface area contributed by atoms with E-state index in [9.17, 15) is 26.4 Å². The number of pyridine rings is 1. The van der Waals surface area contributed by atoms with Crippen LogP contribution in [0.3, 0.4) is 0 Å². The summed E-state index contributed by atoms with van der Waals surface area (Å²) in [6.07, 6.45) is -3.20. The molecule has 0 aliphatic rings. The Morgan fingerprint density at radius 3 is 2.50 bits per heavy atom. The van der Waals surface area contributed by atoms with Gasteiger partial charge in [-0.3, -0.25) is 9.48 Å². The van der Waals surface area contributed by atoms with Gasteiger partial charge in [0.25, 0.3) is 5.91 Å². The summed E-state index contributed by atoms with van der Waals surface area (Å²) in [4.78, 5) is 17.3. The molecule has 178 valence electrons. The van der Waals surface area contributed by atoms with Crippen molar-refractivity contribution in [3.8, 4) is 11.5 Å². The summed E-state index contributed by atoms with van der Waals surface area (Å²) in [6.45, 7) is 0.0509. The zero-order chi connectivity index (χ0) is 24.7. The van der Waals surface area contributed by atoms with Crippen LogP contribution >= 0.6 is 0 Å². The van der Waals surface area contributed by atoms with Gasteiger partial charge in [0.1, 0.15) is 12.2 Å². The summed E-state index contributed by atoms with van der Waals surface area (Å²) in [5.74, 6) is -0.0576. The molecule has 0 fully saturated rings. The summed E-state index contributed by atoms with van der Waals surface area (Å²) in [7, 11) is -2.67. The van der Waals surface area contributed by atoms with Gasteiger partial charge in [0.15, 0.2) is 11.4 Å². The lowest BCUT2D eigenvalue weighted by molar-refractivity contribution is -0.121. The number of aromatic nitrogens is 3. The van der Waals surface area contributed by atoms with Crippen LogP contribution in [-0.2, 0) is 17.1 Å². The molecular formula is C21H18F3N5O4S. The van der Waals surface area contributed by atoms with E-state index in [0.717, 1.165) is 12.1 Å². The van der Waals surface area contributed by atoms with E-state index in [1.54, 1.807) is 36.9 Å². The lowest BCUT2D eigenvalue weighted by atomic mass is 10.1. The lowest BCUT2D eigenvalue weighted by Crippen LogP contribution is -2.33. The molecular weight excluding hydrogens is 475 g/mol. The van der Waals surface area contributed by atoms with Gasteiger partial charge in [0, 0.05) is 12.7 Å². The van der Waals surface area contributed by atoms with Crippen molar-refractivity contribution >= 4 is 32.7 Å². The number of aryl methyl sites for hydroxylation is 2. The molecule has 34 heavy (non-hydrogen) atoms. The van der Waals surface area contributed by atoms with Crippen molar-refractivity contribution in [2.45, 2.75) is 18.0 Å². The first kappa shape index (κ1) is 23.4. The van der Waals surface area contributed by atoms with Gasteiger partial charge >= 0.3 is 6.18 Å². The first-order valence-corrected chi connectivity index (χ1v) is 11.3. The van der Waals surface area contributed by atoms with Crippen LogP contribution in [0.1, 0.15) is 16.1 Å². The number of fused-ring (bicyclic) bond motifs is 1. The van der Waals surface area contributed by atoms with E-state index in [-0.39, 0.29) is 16.1 Å². The molecule has 0 saturated carbocycles. The van der Waals surface area contributed by atoms with Gasteiger partial charge in [0.2, 0.25) is 10.0 Å². The summed E-state index contributed by atoms with van der Waals surface area (Å²) < 4.78 is 69.5. The van der Waals surface area contributed by atoms with Crippen molar-refractivity contribution in [3.63, 3.8) is 0 Å². The molecule has 3 aromatic heterocycles. The fourth-order valence-corrected chi connectivity index (χ4v) is 4.37. The third kappa shape index (κ3) is 4.79. The number of hydrogen-bond acceptors (Lipinski definition) is 6. The highest BCUT2D eigenvalue weighted by atomic mass is 32.2. The maximum Gasteiger partial charge on any atom is 0.402 e. The van der Waals surface area contributed by atoms with Crippen LogP contribution in [0.4, 0.5) is 18.9 Å². The minimum atomic E-state index is -4.68. The highest BCUT2D eigenvalue weighted by molar-refractivity contribution is 7.89. The first-order valence-electron chi connectivity index (χ1n) is 9.81. The average Bonchev–Trinajstić information content (AvgIpc) is 3.40. The standard InChI is InChI=1S/C21H18F3N5O4S/c1-12-18-15(10-16(17-4-3-9-33-17)27-19(18)29(2)28-12)20(30)26-13-5-7-14(8-6-13)34(31,32)25-11-21(22,23)24/h3-10,25H,11H2,1-2H3,(H,26,30). The minimum absolute atomic E-state index is 0.242. The molecule has 0 bridgehead atoms. The second kappa shape index (κ2) is 8.57. The smallest absolute Gasteiger partial charge is 0.402 e. The van der Waals surface area contributed by atoms with Crippen LogP contribution in [0, 0.1) is 6.92 Å². The van der Waals surface area contributed by atoms with Crippen LogP contribution in [0.25, 0.3) is 22.5 Å². The van der Waals surface area contributed by atoms with Crippen molar-refractivity contribution in [2.75, 3.05) is 11.9 Å². The van der Waals surface area contributed by atoms with Crippen LogP contribution < -0.4 is 10.0 Å². The normalized spacial score (nSPS) is 12.3. The van der Waals surface area contributed by atoms with Crippen molar-refractivity contribution in [1.82, 2.24) is 19.5 Å². The number of carbonyl (C=O) groups excluding carboxylic acids is 1. The maximum atomic E-state index is 13.1. The molecule has 2 N–H and O–H groups in total. The Morgan fingerprint density at radius 1 is 1.18 bits per heavy atom. The zero-order valence-corrected chi connectivity index (χ0v) is 18.7. The van der Waals surface area contributed by atoms with Gasteiger partial charge in [-0.2, -0.15) is 18.3 Å². The molecule has 4 rings (SSSR count). The lowest BCUT2D eigenvalue weighted by Gasteiger charge is -2.11. The van der Waals surface area contributed by atoms with Crippen LogP contribution in [-0.4, -0.2) is 41.8 Å². The SMILES string of the molecule is Cc1nn(C)c2nc(-c3ccco3)cc(C(=O)Nc3ccc(S(=O)(=O)NCC(F)(F)F)cc3)c12. The van der Waals surface area contributed by atoms with Gasteiger partial charge in [-0.05, 0) is 49.4 Å². The Morgan fingerprint density at radius 2 is 1.88 bits per heavy atom. The van der Waals surface area contributed by atoms with E-state index in [4.69, 9.17) is 4.42 Å². The number of amides is 1. The van der Waals surface area contributed by atoms with E-state index in [0.29, 0.717) is 28.2 Å². The first-order chi connectivity index (χ1) is 15.9. The van der Waals surface area contributed by atoms with Gasteiger partial charge in [0.05, 0.1) is 27.8 Å².